The molecule has 4 aromatic rings. The van der Waals surface area contributed by atoms with Crippen LogP contribution in [0.5, 0.6) is 0 Å². The topological polar surface area (TPSA) is 99.9 Å². The Kier molecular flexibility index (Phi) is 4.25. The highest BCUT2D eigenvalue weighted by Gasteiger charge is 2.37. The van der Waals surface area contributed by atoms with Crippen LogP contribution in [-0.4, -0.2) is 46.1 Å². The molecule has 0 radical (unpaired) electrons. The fourth-order valence-corrected chi connectivity index (χ4v) is 4.41. The highest BCUT2D eigenvalue weighted by molar-refractivity contribution is 5.91. The lowest BCUT2D eigenvalue weighted by Gasteiger charge is -2.18. The Morgan fingerprint density at radius 1 is 1.07 bits per heavy atom. The number of rotatable bonds is 2. The Balaban J connectivity index is 0.00000181. The Hall–Kier alpha value is -2.97. The summed E-state index contributed by atoms with van der Waals surface area (Å²) < 4.78 is 5.25. The fraction of sp³-hybridized carbons (Fsp3) is 0.300. The first-order valence-corrected chi connectivity index (χ1v) is 9.46. The second-order valence-electron chi connectivity index (χ2n) is 7.56. The SMILES string of the molecule is Cl.O=c1ccc2cc(-c3nc(N4CC5CNCC5C4)nc4nc[nH]c34)ccc2o1. The Morgan fingerprint density at radius 3 is 2.72 bits per heavy atom. The quantitative estimate of drug-likeness (QED) is 0.488. The van der Waals surface area contributed by atoms with Crippen molar-refractivity contribution in [1.29, 1.82) is 0 Å². The molecule has 0 bridgehead atoms. The van der Waals surface area contributed by atoms with Crippen LogP contribution in [0.4, 0.5) is 5.95 Å². The summed E-state index contributed by atoms with van der Waals surface area (Å²) >= 11 is 0. The molecule has 9 heteroatoms. The summed E-state index contributed by atoms with van der Waals surface area (Å²) in [6, 6.07) is 8.90. The molecule has 2 fully saturated rings. The molecule has 2 N–H and O–H groups in total. The van der Waals surface area contributed by atoms with Gasteiger partial charge in [-0.3, -0.25) is 0 Å². The molecule has 1 aromatic carbocycles. The van der Waals surface area contributed by atoms with Crippen molar-refractivity contribution in [2.24, 2.45) is 11.8 Å². The van der Waals surface area contributed by atoms with Crippen LogP contribution in [0.2, 0.25) is 0 Å². The molecule has 29 heavy (non-hydrogen) atoms. The highest BCUT2D eigenvalue weighted by Crippen LogP contribution is 2.32. The summed E-state index contributed by atoms with van der Waals surface area (Å²) in [5, 5.41) is 4.32. The first-order chi connectivity index (χ1) is 13.7. The lowest BCUT2D eigenvalue weighted by atomic mass is 10.0. The highest BCUT2D eigenvalue weighted by atomic mass is 35.5. The minimum Gasteiger partial charge on any atom is -0.423 e. The van der Waals surface area contributed by atoms with E-state index in [9.17, 15) is 4.79 Å². The number of halogens is 1. The van der Waals surface area contributed by atoms with Gasteiger partial charge < -0.3 is 19.6 Å². The van der Waals surface area contributed by atoms with Crippen molar-refractivity contribution in [3.05, 3.63) is 47.1 Å². The standard InChI is InChI=1S/C20H18N6O2.ClH/c27-16-4-2-11-5-12(1-3-15(11)28-16)17-18-19(23-10-22-18)25-20(24-17)26-8-13-6-21-7-14(13)9-26;/h1-5,10,13-14,21H,6-9H2,(H,22,23,24,25);1H. The summed E-state index contributed by atoms with van der Waals surface area (Å²) in [5.41, 5.74) is 3.42. The molecule has 0 aliphatic carbocycles. The molecular formula is C20H19ClN6O2. The fourth-order valence-electron chi connectivity index (χ4n) is 4.41. The number of nitrogens with zero attached hydrogens (tertiary/aromatic N) is 4. The maximum atomic E-state index is 11.4. The van der Waals surface area contributed by atoms with E-state index in [0.29, 0.717) is 23.1 Å². The second kappa shape index (κ2) is 6.82. The van der Waals surface area contributed by atoms with E-state index in [4.69, 9.17) is 14.4 Å². The summed E-state index contributed by atoms with van der Waals surface area (Å²) in [5.74, 6) is 2.04. The van der Waals surface area contributed by atoms with Crippen LogP contribution in [0.15, 0.2) is 45.9 Å². The van der Waals surface area contributed by atoms with Crippen LogP contribution in [0.3, 0.4) is 0 Å². The average Bonchev–Trinajstić information content (AvgIpc) is 3.42. The van der Waals surface area contributed by atoms with Crippen LogP contribution >= 0.6 is 12.4 Å². The molecular weight excluding hydrogens is 392 g/mol. The van der Waals surface area contributed by atoms with Crippen LogP contribution in [0.25, 0.3) is 33.4 Å². The largest absolute Gasteiger partial charge is 0.423 e. The number of aromatic nitrogens is 4. The van der Waals surface area contributed by atoms with E-state index in [-0.39, 0.29) is 18.0 Å². The smallest absolute Gasteiger partial charge is 0.336 e. The Morgan fingerprint density at radius 2 is 1.90 bits per heavy atom. The minimum absolute atomic E-state index is 0. The molecule has 148 valence electrons. The van der Waals surface area contributed by atoms with Gasteiger partial charge in [-0.15, -0.1) is 12.4 Å². The van der Waals surface area contributed by atoms with E-state index < -0.39 is 0 Å². The van der Waals surface area contributed by atoms with Gasteiger partial charge in [0, 0.05) is 43.2 Å². The zero-order chi connectivity index (χ0) is 18.7. The molecule has 2 aliphatic heterocycles. The molecule has 0 spiro atoms. The number of nitrogens with one attached hydrogen (secondary N) is 2. The van der Waals surface area contributed by atoms with Gasteiger partial charge in [0.2, 0.25) is 5.95 Å². The molecule has 6 rings (SSSR count). The maximum Gasteiger partial charge on any atom is 0.336 e. The van der Waals surface area contributed by atoms with Gasteiger partial charge in [-0.1, -0.05) is 0 Å². The van der Waals surface area contributed by atoms with Crippen LogP contribution < -0.4 is 15.8 Å². The van der Waals surface area contributed by atoms with E-state index in [0.717, 1.165) is 54.3 Å². The lowest BCUT2D eigenvalue weighted by Crippen LogP contribution is -2.27. The molecule has 5 heterocycles. The number of hydrogen-bond donors (Lipinski definition) is 2. The van der Waals surface area contributed by atoms with Gasteiger partial charge in [-0.05, 0) is 36.1 Å². The van der Waals surface area contributed by atoms with E-state index in [1.165, 1.54) is 6.07 Å². The molecule has 0 amide bonds. The van der Waals surface area contributed by atoms with Crippen molar-refractivity contribution < 1.29 is 4.42 Å². The van der Waals surface area contributed by atoms with Gasteiger partial charge >= 0.3 is 5.63 Å². The van der Waals surface area contributed by atoms with Gasteiger partial charge in [-0.25, -0.2) is 14.8 Å². The van der Waals surface area contributed by atoms with Crippen molar-refractivity contribution in [3.63, 3.8) is 0 Å². The van der Waals surface area contributed by atoms with Crippen molar-refractivity contribution in [1.82, 2.24) is 25.3 Å². The van der Waals surface area contributed by atoms with Gasteiger partial charge in [0.25, 0.3) is 0 Å². The zero-order valence-corrected chi connectivity index (χ0v) is 16.3. The van der Waals surface area contributed by atoms with E-state index in [1.807, 2.05) is 18.2 Å². The number of fused-ring (bicyclic) bond motifs is 3. The first-order valence-electron chi connectivity index (χ1n) is 9.46. The number of H-pyrrole nitrogens is 1. The third-order valence-electron chi connectivity index (χ3n) is 5.84. The molecule has 2 atom stereocenters. The number of imidazole rings is 1. The molecule has 2 saturated heterocycles. The normalized spacial score (nSPS) is 20.9. The number of anilines is 1. The monoisotopic (exact) mass is 410 g/mol. The summed E-state index contributed by atoms with van der Waals surface area (Å²) in [6.07, 6.45) is 1.65. The van der Waals surface area contributed by atoms with Crippen LogP contribution in [-0.2, 0) is 0 Å². The predicted octanol–water partition coefficient (Wildman–Crippen LogP) is 2.20. The van der Waals surface area contributed by atoms with Gasteiger partial charge in [0.1, 0.15) is 16.8 Å². The molecule has 3 aromatic heterocycles. The summed E-state index contributed by atoms with van der Waals surface area (Å²) in [4.78, 5) is 30.9. The lowest BCUT2D eigenvalue weighted by molar-refractivity contribution is 0.533. The third-order valence-corrected chi connectivity index (χ3v) is 5.84. The molecule has 0 saturated carbocycles. The zero-order valence-electron chi connectivity index (χ0n) is 15.5. The summed E-state index contributed by atoms with van der Waals surface area (Å²) in [7, 11) is 0. The van der Waals surface area contributed by atoms with Crippen molar-refractivity contribution in [2.75, 3.05) is 31.1 Å². The number of aromatic amines is 1. The molecule has 2 aliphatic rings. The van der Waals surface area contributed by atoms with E-state index in [2.05, 4.69) is 20.2 Å². The van der Waals surface area contributed by atoms with Crippen molar-refractivity contribution in [3.8, 4) is 11.3 Å². The first kappa shape index (κ1) is 18.1. The van der Waals surface area contributed by atoms with E-state index >= 15 is 0 Å². The number of benzene rings is 1. The maximum absolute atomic E-state index is 11.4. The van der Waals surface area contributed by atoms with Crippen LogP contribution in [0.1, 0.15) is 0 Å². The summed E-state index contributed by atoms with van der Waals surface area (Å²) in [6.45, 7) is 4.06. The number of hydrogen-bond acceptors (Lipinski definition) is 7. The predicted molar refractivity (Wildman–Crippen MR) is 112 cm³/mol. The second-order valence-corrected chi connectivity index (χ2v) is 7.56. The van der Waals surface area contributed by atoms with Crippen molar-refractivity contribution in [2.45, 2.75) is 0 Å². The minimum atomic E-state index is -0.352. The third kappa shape index (κ3) is 2.95. The Labute approximate surface area is 171 Å². The average molecular weight is 411 g/mol. The van der Waals surface area contributed by atoms with Gasteiger partial charge in [0.15, 0.2) is 5.65 Å². The van der Waals surface area contributed by atoms with Gasteiger partial charge in [0.05, 0.1) is 6.33 Å². The van der Waals surface area contributed by atoms with E-state index in [1.54, 1.807) is 12.4 Å². The molecule has 8 nitrogen and oxygen atoms in total. The van der Waals surface area contributed by atoms with Gasteiger partial charge in [-0.2, -0.15) is 4.98 Å². The Bertz CT molecular complexity index is 1260. The van der Waals surface area contributed by atoms with Crippen LogP contribution in [0, 0.1) is 11.8 Å². The molecule has 2 unspecified atom stereocenters. The van der Waals surface area contributed by atoms with Crippen molar-refractivity contribution >= 4 is 40.5 Å².